The van der Waals surface area contributed by atoms with E-state index in [2.05, 4.69) is 18.7 Å². The molecule has 0 unspecified atom stereocenters. The predicted molar refractivity (Wildman–Crippen MR) is 119 cm³/mol. The lowest BCUT2D eigenvalue weighted by molar-refractivity contribution is -0.134. The summed E-state index contributed by atoms with van der Waals surface area (Å²) in [6.07, 6.45) is 4.08. The summed E-state index contributed by atoms with van der Waals surface area (Å²) in [7, 11) is 3.19. The Morgan fingerprint density at radius 2 is 1.74 bits per heavy atom. The number of hydrogen-bond donors (Lipinski definition) is 0. The van der Waals surface area contributed by atoms with E-state index in [4.69, 9.17) is 4.98 Å². The largest absolute Gasteiger partial charge is 0.340 e. The fourth-order valence-corrected chi connectivity index (χ4v) is 4.43. The average Bonchev–Trinajstić information content (AvgIpc) is 3.54. The highest BCUT2D eigenvalue weighted by Gasteiger charge is 2.34. The molecule has 3 heterocycles. The van der Waals surface area contributed by atoms with Crippen molar-refractivity contribution in [2.45, 2.75) is 52.6 Å². The number of aryl methyl sites for hydroxylation is 2. The second-order valence-electron chi connectivity index (χ2n) is 9.47. The highest BCUT2D eigenvalue weighted by molar-refractivity contribution is 5.81. The van der Waals surface area contributed by atoms with Gasteiger partial charge in [-0.1, -0.05) is 13.8 Å². The van der Waals surface area contributed by atoms with Gasteiger partial charge in [-0.3, -0.25) is 23.6 Å². The van der Waals surface area contributed by atoms with E-state index in [0.717, 1.165) is 62.3 Å². The molecule has 0 radical (unpaired) electrons. The van der Waals surface area contributed by atoms with E-state index in [0.29, 0.717) is 36.1 Å². The van der Waals surface area contributed by atoms with E-state index >= 15 is 0 Å². The summed E-state index contributed by atoms with van der Waals surface area (Å²) in [6.45, 7) is 8.77. The number of piperazine rings is 1. The molecule has 0 atom stereocenters. The molecule has 0 aromatic carbocycles. The van der Waals surface area contributed by atoms with Crippen LogP contribution in [0.25, 0.3) is 11.2 Å². The van der Waals surface area contributed by atoms with Crippen molar-refractivity contribution in [1.29, 1.82) is 0 Å². The maximum Gasteiger partial charge on any atom is 0.332 e. The molecule has 1 aliphatic carbocycles. The summed E-state index contributed by atoms with van der Waals surface area (Å²) in [5, 5.41) is 0. The summed E-state index contributed by atoms with van der Waals surface area (Å²) in [5.41, 5.74) is 0.311. The Balaban J connectivity index is 1.59. The van der Waals surface area contributed by atoms with Crippen LogP contribution in [0.15, 0.2) is 9.59 Å². The molecule has 1 aliphatic heterocycles. The molecule has 2 fully saturated rings. The lowest BCUT2D eigenvalue weighted by Crippen LogP contribution is -2.49. The number of amides is 1. The Morgan fingerprint density at radius 1 is 1.06 bits per heavy atom. The van der Waals surface area contributed by atoms with Crippen LogP contribution < -0.4 is 11.2 Å². The molecule has 2 aliphatic rings. The quantitative estimate of drug-likeness (QED) is 0.652. The molecule has 1 saturated carbocycles. The van der Waals surface area contributed by atoms with Crippen LogP contribution in [-0.4, -0.2) is 60.6 Å². The van der Waals surface area contributed by atoms with Crippen LogP contribution in [0, 0.1) is 11.8 Å². The number of carbonyl (C=O) groups excluding carboxylic acids is 1. The van der Waals surface area contributed by atoms with Gasteiger partial charge in [-0.05, 0) is 31.6 Å². The summed E-state index contributed by atoms with van der Waals surface area (Å²) >= 11 is 0. The third-order valence-electron chi connectivity index (χ3n) is 6.57. The number of imidazole rings is 1. The zero-order valence-electron chi connectivity index (χ0n) is 19.1. The number of fused-ring (bicyclic) bond motifs is 1. The lowest BCUT2D eigenvalue weighted by Gasteiger charge is -2.34. The minimum absolute atomic E-state index is 0.259. The Hall–Kier alpha value is -2.42. The average molecular weight is 431 g/mol. The molecule has 4 rings (SSSR count). The smallest absolute Gasteiger partial charge is 0.332 e. The van der Waals surface area contributed by atoms with Gasteiger partial charge in [0.1, 0.15) is 5.82 Å². The van der Waals surface area contributed by atoms with Crippen molar-refractivity contribution in [2.75, 3.05) is 26.2 Å². The molecule has 2 aromatic rings. The fourth-order valence-electron chi connectivity index (χ4n) is 4.43. The first-order valence-corrected chi connectivity index (χ1v) is 11.4. The third kappa shape index (κ3) is 4.33. The zero-order chi connectivity index (χ0) is 22.3. The number of rotatable bonds is 7. The lowest BCUT2D eigenvalue weighted by atomic mass is 10.1. The van der Waals surface area contributed by atoms with Gasteiger partial charge in [0.2, 0.25) is 5.91 Å². The highest BCUT2D eigenvalue weighted by Crippen LogP contribution is 2.31. The van der Waals surface area contributed by atoms with Crippen molar-refractivity contribution < 1.29 is 4.79 Å². The van der Waals surface area contributed by atoms with Crippen LogP contribution in [0.3, 0.4) is 0 Å². The highest BCUT2D eigenvalue weighted by atomic mass is 16.2. The molecule has 9 nitrogen and oxygen atoms in total. The van der Waals surface area contributed by atoms with Gasteiger partial charge >= 0.3 is 5.69 Å². The van der Waals surface area contributed by atoms with Crippen molar-refractivity contribution in [3.05, 3.63) is 26.7 Å². The predicted octanol–water partition coefficient (Wildman–Crippen LogP) is 0.924. The number of carbonyl (C=O) groups is 1. The van der Waals surface area contributed by atoms with Crippen LogP contribution in [0.5, 0.6) is 0 Å². The zero-order valence-corrected chi connectivity index (χ0v) is 19.1. The third-order valence-corrected chi connectivity index (χ3v) is 6.57. The molecule has 1 saturated heterocycles. The summed E-state index contributed by atoms with van der Waals surface area (Å²) < 4.78 is 4.64. The van der Waals surface area contributed by atoms with Gasteiger partial charge in [-0.25, -0.2) is 9.78 Å². The van der Waals surface area contributed by atoms with Crippen molar-refractivity contribution >= 4 is 17.1 Å². The van der Waals surface area contributed by atoms with Gasteiger partial charge in [0.05, 0.1) is 6.54 Å². The van der Waals surface area contributed by atoms with E-state index in [1.807, 2.05) is 9.47 Å². The van der Waals surface area contributed by atoms with Crippen molar-refractivity contribution in [2.24, 2.45) is 25.9 Å². The van der Waals surface area contributed by atoms with E-state index < -0.39 is 0 Å². The van der Waals surface area contributed by atoms with Crippen molar-refractivity contribution in [3.63, 3.8) is 0 Å². The molecule has 1 amide bonds. The molecule has 0 spiro atoms. The SMILES string of the molecule is CC(C)CCCn1c(CN2CCN(C(=O)C3CC3)CC2)nc2c1c(=O)n(C)c(=O)n2C. The van der Waals surface area contributed by atoms with Crippen LogP contribution >= 0.6 is 0 Å². The maximum absolute atomic E-state index is 12.9. The monoisotopic (exact) mass is 430 g/mol. The minimum atomic E-state index is -0.358. The standard InChI is InChI=1S/C22H34N6O3/c1-15(2)6-5-9-28-17(23-19-18(28)21(30)25(4)22(31)24(19)3)14-26-10-12-27(13-11-26)20(29)16-7-8-16/h15-16H,5-14H2,1-4H3. The van der Waals surface area contributed by atoms with E-state index in [1.54, 1.807) is 7.05 Å². The molecule has 2 aromatic heterocycles. The van der Waals surface area contributed by atoms with Gasteiger partial charge in [0.15, 0.2) is 11.2 Å². The topological polar surface area (TPSA) is 85.4 Å². The van der Waals surface area contributed by atoms with Crippen molar-refractivity contribution in [1.82, 2.24) is 28.5 Å². The van der Waals surface area contributed by atoms with Crippen LogP contribution in [0.2, 0.25) is 0 Å². The van der Waals surface area contributed by atoms with E-state index in [1.165, 1.54) is 11.6 Å². The Morgan fingerprint density at radius 3 is 2.35 bits per heavy atom. The molecule has 0 N–H and O–H groups in total. The summed E-state index contributed by atoms with van der Waals surface area (Å²) in [6, 6.07) is 0. The van der Waals surface area contributed by atoms with Gasteiger partial charge < -0.3 is 9.47 Å². The molecule has 31 heavy (non-hydrogen) atoms. The van der Waals surface area contributed by atoms with E-state index in [-0.39, 0.29) is 17.2 Å². The normalized spacial score (nSPS) is 17.8. The van der Waals surface area contributed by atoms with Crippen LogP contribution in [0.1, 0.15) is 45.4 Å². The van der Waals surface area contributed by atoms with Crippen LogP contribution in [0.4, 0.5) is 0 Å². The van der Waals surface area contributed by atoms with Gasteiger partial charge in [0, 0.05) is 52.7 Å². The molecule has 9 heteroatoms. The molecular weight excluding hydrogens is 396 g/mol. The Bertz CT molecular complexity index is 1080. The summed E-state index contributed by atoms with van der Waals surface area (Å²) in [5.74, 6) is 1.97. The van der Waals surface area contributed by atoms with Gasteiger partial charge in [-0.15, -0.1) is 0 Å². The number of hydrogen-bond acceptors (Lipinski definition) is 5. The maximum atomic E-state index is 12.9. The Kier molecular flexibility index (Phi) is 6.05. The van der Waals surface area contributed by atoms with Crippen molar-refractivity contribution in [3.8, 4) is 0 Å². The number of nitrogens with zero attached hydrogens (tertiary/aromatic N) is 6. The Labute approximate surface area is 182 Å². The first-order valence-electron chi connectivity index (χ1n) is 11.4. The first-order chi connectivity index (χ1) is 14.8. The number of aromatic nitrogens is 4. The summed E-state index contributed by atoms with van der Waals surface area (Å²) in [4.78, 5) is 46.7. The molecule has 170 valence electrons. The van der Waals surface area contributed by atoms with Gasteiger partial charge in [0.25, 0.3) is 5.56 Å². The second kappa shape index (κ2) is 8.61. The minimum Gasteiger partial charge on any atom is -0.340 e. The first kappa shape index (κ1) is 21.8. The second-order valence-corrected chi connectivity index (χ2v) is 9.47. The fraction of sp³-hybridized carbons (Fsp3) is 0.727. The molecular formula is C22H34N6O3. The van der Waals surface area contributed by atoms with Gasteiger partial charge in [-0.2, -0.15) is 0 Å². The molecule has 0 bridgehead atoms. The van der Waals surface area contributed by atoms with E-state index in [9.17, 15) is 14.4 Å². The van der Waals surface area contributed by atoms with Crippen LogP contribution in [-0.2, 0) is 32.0 Å².